The molecule has 5 rings (SSSR count). The number of carbonyl (C=O) groups excluding carboxylic acids is 1. The van der Waals surface area contributed by atoms with Crippen LogP contribution in [0.1, 0.15) is 60.0 Å². The van der Waals surface area contributed by atoms with Crippen molar-refractivity contribution in [2.24, 2.45) is 5.73 Å². The van der Waals surface area contributed by atoms with Gasteiger partial charge in [0.25, 0.3) is 0 Å². The quantitative estimate of drug-likeness (QED) is 0.218. The Labute approximate surface area is 241 Å². The van der Waals surface area contributed by atoms with Gasteiger partial charge in [0.15, 0.2) is 0 Å². The number of hydrogen-bond donors (Lipinski definition) is 1. The lowest BCUT2D eigenvalue weighted by atomic mass is 9.96. The largest absolute Gasteiger partial charge is 0.440 e. The van der Waals surface area contributed by atoms with Crippen LogP contribution in [-0.2, 0) is 0 Å². The van der Waals surface area contributed by atoms with E-state index in [1.807, 2.05) is 31.2 Å². The monoisotopic (exact) mass is 550 g/mol. The van der Waals surface area contributed by atoms with Crippen molar-refractivity contribution in [1.29, 1.82) is 5.26 Å². The SMILES string of the molecule is CC#CC1CCCN1C.CC(N)c1cnc(-c2cc(C=O)cc(-c3cccc(F)c3C#N)c2)o1.Cc1ccccc1. The van der Waals surface area contributed by atoms with Crippen LogP contribution in [-0.4, -0.2) is 35.8 Å². The van der Waals surface area contributed by atoms with Crippen molar-refractivity contribution in [3.63, 3.8) is 0 Å². The maximum Gasteiger partial charge on any atom is 0.226 e. The van der Waals surface area contributed by atoms with E-state index in [1.54, 1.807) is 31.2 Å². The van der Waals surface area contributed by atoms with Crippen LogP contribution < -0.4 is 5.73 Å². The van der Waals surface area contributed by atoms with E-state index in [4.69, 9.17) is 10.2 Å². The fourth-order valence-corrected chi connectivity index (χ4v) is 4.30. The molecule has 2 unspecified atom stereocenters. The van der Waals surface area contributed by atoms with E-state index in [-0.39, 0.29) is 11.6 Å². The molecular weight excluding hydrogens is 515 g/mol. The molecule has 0 radical (unpaired) electrons. The molecular formula is C34H35FN4O2. The molecule has 0 saturated carbocycles. The summed E-state index contributed by atoms with van der Waals surface area (Å²) in [5.74, 6) is 6.31. The van der Waals surface area contributed by atoms with E-state index in [0.717, 1.165) is 0 Å². The number of rotatable bonds is 4. The molecule has 7 heteroatoms. The van der Waals surface area contributed by atoms with Crippen LogP contribution in [0.4, 0.5) is 4.39 Å². The van der Waals surface area contributed by atoms with Crippen LogP contribution in [0, 0.1) is 35.9 Å². The zero-order valence-electron chi connectivity index (χ0n) is 23.9. The molecule has 2 heterocycles. The Bertz CT molecular complexity index is 1540. The molecule has 1 aromatic heterocycles. The number of oxazole rings is 1. The first kappa shape index (κ1) is 31.0. The smallest absolute Gasteiger partial charge is 0.226 e. The van der Waals surface area contributed by atoms with Crippen LogP contribution >= 0.6 is 0 Å². The van der Waals surface area contributed by atoms with Gasteiger partial charge < -0.3 is 10.2 Å². The predicted octanol–water partition coefficient (Wildman–Crippen LogP) is 6.95. The highest BCUT2D eigenvalue weighted by atomic mass is 19.1. The number of carbonyl (C=O) groups is 1. The second kappa shape index (κ2) is 15.3. The molecule has 2 N–H and O–H groups in total. The number of benzene rings is 3. The number of hydrogen-bond acceptors (Lipinski definition) is 6. The summed E-state index contributed by atoms with van der Waals surface area (Å²) < 4.78 is 19.5. The van der Waals surface area contributed by atoms with Gasteiger partial charge in [-0.3, -0.25) is 9.69 Å². The van der Waals surface area contributed by atoms with Gasteiger partial charge in [-0.1, -0.05) is 53.9 Å². The maximum absolute atomic E-state index is 13.9. The van der Waals surface area contributed by atoms with Crippen LogP contribution in [0.2, 0.25) is 0 Å². The molecule has 0 amide bonds. The van der Waals surface area contributed by atoms with E-state index in [2.05, 4.69) is 47.8 Å². The highest BCUT2D eigenvalue weighted by Crippen LogP contribution is 2.31. The molecule has 1 fully saturated rings. The van der Waals surface area contributed by atoms with Gasteiger partial charge in [-0.25, -0.2) is 9.37 Å². The molecule has 6 nitrogen and oxygen atoms in total. The van der Waals surface area contributed by atoms with Crippen molar-refractivity contribution >= 4 is 6.29 Å². The molecule has 4 aromatic rings. The topological polar surface area (TPSA) is 96.1 Å². The van der Waals surface area contributed by atoms with Gasteiger partial charge in [0.05, 0.1) is 23.8 Å². The van der Waals surface area contributed by atoms with Crippen LogP contribution in [0.15, 0.2) is 77.3 Å². The number of aldehydes is 1. The average molecular weight is 551 g/mol. The Morgan fingerprint density at radius 3 is 2.41 bits per heavy atom. The molecule has 210 valence electrons. The minimum atomic E-state index is -0.617. The first-order valence-electron chi connectivity index (χ1n) is 13.4. The van der Waals surface area contributed by atoms with Gasteiger partial charge >= 0.3 is 0 Å². The van der Waals surface area contributed by atoms with E-state index in [1.165, 1.54) is 43.3 Å². The van der Waals surface area contributed by atoms with Crippen molar-refractivity contribution in [1.82, 2.24) is 9.88 Å². The summed E-state index contributed by atoms with van der Waals surface area (Å²) in [4.78, 5) is 17.8. The van der Waals surface area contributed by atoms with Gasteiger partial charge in [0.1, 0.15) is 23.9 Å². The Morgan fingerprint density at radius 1 is 1.15 bits per heavy atom. The number of nitrogens with zero attached hydrogens (tertiary/aromatic N) is 3. The lowest BCUT2D eigenvalue weighted by Gasteiger charge is -2.11. The van der Waals surface area contributed by atoms with E-state index >= 15 is 0 Å². The fourth-order valence-electron chi connectivity index (χ4n) is 4.30. The zero-order valence-corrected chi connectivity index (χ0v) is 23.9. The highest BCUT2D eigenvalue weighted by Gasteiger charge is 2.17. The fraction of sp³-hybridized carbons (Fsp3) is 0.265. The highest BCUT2D eigenvalue weighted by molar-refractivity contribution is 5.84. The molecule has 3 aromatic carbocycles. The van der Waals surface area contributed by atoms with Crippen LogP contribution in [0.5, 0.6) is 0 Å². The number of likely N-dealkylation sites (tertiary alicyclic amines) is 1. The third-order valence-electron chi connectivity index (χ3n) is 6.52. The maximum atomic E-state index is 13.9. The van der Waals surface area contributed by atoms with Gasteiger partial charge in [-0.2, -0.15) is 5.26 Å². The number of aryl methyl sites for hydroxylation is 1. The van der Waals surface area contributed by atoms with Crippen molar-refractivity contribution in [2.45, 2.75) is 45.7 Å². The first-order chi connectivity index (χ1) is 19.8. The normalized spacial score (nSPS) is 14.7. The third kappa shape index (κ3) is 8.71. The Balaban J connectivity index is 0.000000234. The number of nitriles is 1. The summed E-state index contributed by atoms with van der Waals surface area (Å²) in [6.45, 7) is 6.98. The van der Waals surface area contributed by atoms with Crippen molar-refractivity contribution in [2.75, 3.05) is 13.6 Å². The van der Waals surface area contributed by atoms with Crippen molar-refractivity contribution in [3.8, 4) is 40.5 Å². The third-order valence-corrected chi connectivity index (χ3v) is 6.52. The van der Waals surface area contributed by atoms with Crippen LogP contribution in [0.3, 0.4) is 0 Å². The molecule has 0 bridgehead atoms. The summed E-state index contributed by atoms with van der Waals surface area (Å²) in [7, 11) is 2.14. The second-order valence-corrected chi connectivity index (χ2v) is 9.78. The Kier molecular flexibility index (Phi) is 11.5. The lowest BCUT2D eigenvalue weighted by molar-refractivity contribution is 0.112. The van der Waals surface area contributed by atoms with Crippen molar-refractivity contribution in [3.05, 3.63) is 101 Å². The predicted molar refractivity (Wildman–Crippen MR) is 160 cm³/mol. The molecule has 0 aliphatic carbocycles. The first-order valence-corrected chi connectivity index (χ1v) is 13.4. The number of nitrogens with two attached hydrogens (primary N) is 1. The Morgan fingerprint density at radius 2 is 1.88 bits per heavy atom. The number of aromatic nitrogens is 1. The molecule has 1 saturated heterocycles. The minimum absolute atomic E-state index is 0.0832. The van der Waals surface area contributed by atoms with Crippen molar-refractivity contribution < 1.29 is 13.6 Å². The summed E-state index contributed by atoms with van der Waals surface area (Å²) in [6.07, 6.45) is 4.77. The second-order valence-electron chi connectivity index (χ2n) is 9.78. The van der Waals surface area contributed by atoms with E-state index in [9.17, 15) is 14.4 Å². The Hall–Kier alpha value is -4.56. The van der Waals surface area contributed by atoms with E-state index < -0.39 is 5.82 Å². The van der Waals surface area contributed by atoms with Gasteiger partial charge in [-0.15, -0.1) is 5.92 Å². The summed E-state index contributed by atoms with van der Waals surface area (Å²) >= 11 is 0. The van der Waals surface area contributed by atoms with E-state index in [0.29, 0.717) is 46.2 Å². The molecule has 1 aliphatic rings. The molecule has 2 atom stereocenters. The summed E-state index contributed by atoms with van der Waals surface area (Å²) in [5, 5.41) is 9.23. The lowest BCUT2D eigenvalue weighted by Crippen LogP contribution is -2.22. The van der Waals surface area contributed by atoms with Gasteiger partial charge in [0.2, 0.25) is 5.89 Å². The number of halogens is 1. The summed E-state index contributed by atoms with van der Waals surface area (Å²) in [5.41, 5.74) is 8.83. The van der Waals surface area contributed by atoms with Crippen LogP contribution in [0.25, 0.3) is 22.6 Å². The van der Waals surface area contributed by atoms with Gasteiger partial charge in [-0.05, 0) is 77.0 Å². The van der Waals surface area contributed by atoms with Gasteiger partial charge in [0, 0.05) is 16.7 Å². The molecule has 1 aliphatic heterocycles. The zero-order chi connectivity index (χ0) is 29.8. The molecule has 0 spiro atoms. The standard InChI is InChI=1S/C19H14FN3O2.C8H13N.C7H8/c1-11(22)18-9-23-19(25-18)14-6-12(10-24)5-13(7-14)15-3-2-4-17(20)16(15)8-21;1-3-5-8-6-4-7-9(8)2;1-7-5-3-2-4-6-7/h2-7,9-11H,22H2,1H3;8H,4,6-7H2,1-2H3;2-6H,1H3. The minimum Gasteiger partial charge on any atom is -0.440 e. The molecule has 41 heavy (non-hydrogen) atoms. The average Bonchev–Trinajstić information content (AvgIpc) is 3.64. The summed E-state index contributed by atoms with van der Waals surface area (Å²) in [6, 6.07) is 21.6.